The van der Waals surface area contributed by atoms with Crippen molar-refractivity contribution in [1.82, 2.24) is 5.32 Å². The van der Waals surface area contributed by atoms with Crippen LogP contribution in [-0.2, 0) is 9.59 Å². The number of hydrogen-bond acceptors (Lipinski definition) is 2. The van der Waals surface area contributed by atoms with Crippen molar-refractivity contribution in [2.24, 2.45) is 5.41 Å². The summed E-state index contributed by atoms with van der Waals surface area (Å²) in [6, 6.07) is 8.09. The number of benzene rings is 1. The first kappa shape index (κ1) is 15.7. The number of piperidine rings is 1. The maximum Gasteiger partial charge on any atom is 0.234 e. The minimum atomic E-state index is -0.275. The van der Waals surface area contributed by atoms with Crippen molar-refractivity contribution < 1.29 is 9.59 Å². The van der Waals surface area contributed by atoms with Crippen LogP contribution in [0.25, 0.3) is 0 Å². The molecule has 21 heavy (non-hydrogen) atoms. The number of unbranched alkanes of at least 4 members (excludes halogenated alkanes) is 2. The number of imide groups is 1. The second-order valence-corrected chi connectivity index (χ2v) is 6.55. The zero-order valence-corrected chi connectivity index (χ0v) is 13.2. The van der Waals surface area contributed by atoms with Gasteiger partial charge in [0.05, 0.1) is 5.92 Å². The molecule has 2 atom stereocenters. The maximum absolute atomic E-state index is 12.4. The molecule has 0 aromatic heterocycles. The number of rotatable bonds is 5. The smallest absolute Gasteiger partial charge is 0.234 e. The number of carbonyl (C=O) groups excluding carboxylic acids is 2. The summed E-state index contributed by atoms with van der Waals surface area (Å²) in [5.41, 5.74) is 1.90. The van der Waals surface area contributed by atoms with E-state index in [1.165, 1.54) is 0 Å². The molecule has 0 aliphatic carbocycles. The Morgan fingerprint density at radius 2 is 2.05 bits per heavy atom. The van der Waals surface area contributed by atoms with Crippen molar-refractivity contribution in [1.29, 1.82) is 0 Å². The first-order valence-corrected chi connectivity index (χ1v) is 7.86. The van der Waals surface area contributed by atoms with E-state index in [-0.39, 0.29) is 23.1 Å². The molecule has 0 spiro atoms. The van der Waals surface area contributed by atoms with Gasteiger partial charge >= 0.3 is 0 Å². The van der Waals surface area contributed by atoms with Crippen molar-refractivity contribution in [3.63, 3.8) is 0 Å². The van der Waals surface area contributed by atoms with Gasteiger partial charge in [-0.15, -0.1) is 0 Å². The monoisotopic (exact) mass is 287 g/mol. The zero-order chi connectivity index (χ0) is 15.5. The van der Waals surface area contributed by atoms with Gasteiger partial charge in [-0.05, 0) is 24.3 Å². The van der Waals surface area contributed by atoms with E-state index in [9.17, 15) is 9.59 Å². The predicted octanol–water partition coefficient (Wildman–Crippen LogP) is 3.71. The second-order valence-electron chi connectivity index (χ2n) is 6.55. The lowest BCUT2D eigenvalue weighted by molar-refractivity contribution is -0.139. The molecule has 1 saturated heterocycles. The van der Waals surface area contributed by atoms with E-state index in [0.717, 1.165) is 36.8 Å². The SMILES string of the molecule is CCCCCC1(C)CC(=O)NC(=O)C1c1cccc(C)c1. The average Bonchev–Trinajstić information content (AvgIpc) is 2.37. The Bertz CT molecular complexity index is 538. The number of carbonyl (C=O) groups is 2. The molecular weight excluding hydrogens is 262 g/mol. The predicted molar refractivity (Wildman–Crippen MR) is 83.9 cm³/mol. The van der Waals surface area contributed by atoms with Crippen LogP contribution < -0.4 is 5.32 Å². The van der Waals surface area contributed by atoms with Crippen molar-refractivity contribution in [3.05, 3.63) is 35.4 Å². The van der Waals surface area contributed by atoms with Gasteiger partial charge in [-0.3, -0.25) is 14.9 Å². The molecule has 3 nitrogen and oxygen atoms in total. The summed E-state index contributed by atoms with van der Waals surface area (Å²) in [5, 5.41) is 2.52. The van der Waals surface area contributed by atoms with E-state index >= 15 is 0 Å². The summed E-state index contributed by atoms with van der Waals surface area (Å²) in [4.78, 5) is 24.3. The third kappa shape index (κ3) is 3.52. The first-order chi connectivity index (χ1) is 9.96. The Balaban J connectivity index is 2.32. The Kier molecular flexibility index (Phi) is 4.81. The zero-order valence-electron chi connectivity index (χ0n) is 13.2. The van der Waals surface area contributed by atoms with E-state index in [1.54, 1.807) is 0 Å². The van der Waals surface area contributed by atoms with Gasteiger partial charge in [-0.1, -0.05) is 62.9 Å². The Hall–Kier alpha value is -1.64. The summed E-state index contributed by atoms with van der Waals surface area (Å²) in [5.74, 6) is -0.509. The van der Waals surface area contributed by atoms with Gasteiger partial charge in [0.1, 0.15) is 0 Å². The normalized spacial score (nSPS) is 25.8. The molecule has 1 heterocycles. The van der Waals surface area contributed by atoms with Crippen LogP contribution in [-0.4, -0.2) is 11.8 Å². The Morgan fingerprint density at radius 1 is 1.29 bits per heavy atom. The molecule has 2 amide bonds. The van der Waals surface area contributed by atoms with Crippen LogP contribution in [0.4, 0.5) is 0 Å². The Morgan fingerprint density at radius 3 is 2.71 bits per heavy atom. The van der Waals surface area contributed by atoms with Gasteiger partial charge in [-0.2, -0.15) is 0 Å². The number of amides is 2. The first-order valence-electron chi connectivity index (χ1n) is 7.86. The van der Waals surface area contributed by atoms with Crippen LogP contribution in [0.3, 0.4) is 0 Å². The van der Waals surface area contributed by atoms with E-state index in [1.807, 2.05) is 25.1 Å². The van der Waals surface area contributed by atoms with E-state index < -0.39 is 0 Å². The highest BCUT2D eigenvalue weighted by Crippen LogP contribution is 2.45. The van der Waals surface area contributed by atoms with Crippen LogP contribution >= 0.6 is 0 Å². The highest BCUT2D eigenvalue weighted by atomic mass is 16.2. The molecule has 2 unspecified atom stereocenters. The quantitative estimate of drug-likeness (QED) is 0.663. The molecule has 3 heteroatoms. The van der Waals surface area contributed by atoms with Gasteiger partial charge in [0, 0.05) is 6.42 Å². The topological polar surface area (TPSA) is 46.2 Å². The summed E-state index contributed by atoms with van der Waals surface area (Å²) in [6.45, 7) is 6.29. The summed E-state index contributed by atoms with van der Waals surface area (Å²) < 4.78 is 0. The molecule has 2 rings (SSSR count). The maximum atomic E-state index is 12.4. The molecule has 114 valence electrons. The van der Waals surface area contributed by atoms with Gasteiger partial charge in [0.2, 0.25) is 11.8 Å². The lowest BCUT2D eigenvalue weighted by atomic mass is 9.66. The largest absolute Gasteiger partial charge is 0.296 e. The number of nitrogens with one attached hydrogen (secondary N) is 1. The van der Waals surface area contributed by atoms with E-state index in [2.05, 4.69) is 25.2 Å². The third-order valence-electron chi connectivity index (χ3n) is 4.51. The summed E-state index contributed by atoms with van der Waals surface area (Å²) >= 11 is 0. The Labute approximate surface area is 127 Å². The molecule has 1 fully saturated rings. The molecule has 0 saturated carbocycles. The van der Waals surface area contributed by atoms with Crippen LogP contribution in [0.15, 0.2) is 24.3 Å². The standard InChI is InChI=1S/C18H25NO2/c1-4-5-6-10-18(3)12-15(20)19-17(21)16(18)14-9-7-8-13(2)11-14/h7-9,11,16H,4-6,10,12H2,1-3H3,(H,19,20,21). The third-order valence-corrected chi connectivity index (χ3v) is 4.51. The van der Waals surface area contributed by atoms with Crippen molar-refractivity contribution in [2.45, 2.75) is 58.8 Å². The van der Waals surface area contributed by atoms with Crippen molar-refractivity contribution >= 4 is 11.8 Å². The van der Waals surface area contributed by atoms with Crippen molar-refractivity contribution in [3.8, 4) is 0 Å². The minimum Gasteiger partial charge on any atom is -0.296 e. The van der Waals surface area contributed by atoms with Gasteiger partial charge in [0.15, 0.2) is 0 Å². The molecule has 0 bridgehead atoms. The minimum absolute atomic E-state index is 0.136. The highest BCUT2D eigenvalue weighted by Gasteiger charge is 2.45. The van der Waals surface area contributed by atoms with Crippen LogP contribution in [0.2, 0.25) is 0 Å². The summed E-state index contributed by atoms with van der Waals surface area (Å²) in [6.07, 6.45) is 4.70. The summed E-state index contributed by atoms with van der Waals surface area (Å²) in [7, 11) is 0. The fourth-order valence-corrected chi connectivity index (χ4v) is 3.45. The van der Waals surface area contributed by atoms with Crippen LogP contribution in [0.1, 0.15) is 63.0 Å². The molecule has 1 aliphatic heterocycles. The lowest BCUT2D eigenvalue weighted by Gasteiger charge is -2.40. The molecule has 1 aromatic rings. The molecular formula is C18H25NO2. The van der Waals surface area contributed by atoms with E-state index in [0.29, 0.717) is 6.42 Å². The molecule has 0 radical (unpaired) electrons. The average molecular weight is 287 g/mol. The van der Waals surface area contributed by atoms with Crippen LogP contribution in [0, 0.1) is 12.3 Å². The van der Waals surface area contributed by atoms with Gasteiger partial charge < -0.3 is 0 Å². The number of hydrogen-bond donors (Lipinski definition) is 1. The van der Waals surface area contributed by atoms with Crippen LogP contribution in [0.5, 0.6) is 0 Å². The van der Waals surface area contributed by atoms with Gasteiger partial charge in [0.25, 0.3) is 0 Å². The fourth-order valence-electron chi connectivity index (χ4n) is 3.45. The number of aryl methyl sites for hydroxylation is 1. The fraction of sp³-hybridized carbons (Fsp3) is 0.556. The molecule has 1 aliphatic rings. The highest BCUT2D eigenvalue weighted by molar-refractivity contribution is 6.02. The van der Waals surface area contributed by atoms with Crippen molar-refractivity contribution in [2.75, 3.05) is 0 Å². The van der Waals surface area contributed by atoms with E-state index in [4.69, 9.17) is 0 Å². The lowest BCUT2D eigenvalue weighted by Crippen LogP contribution is -2.49. The second kappa shape index (κ2) is 6.42. The van der Waals surface area contributed by atoms with Gasteiger partial charge in [-0.25, -0.2) is 0 Å². The molecule has 1 N–H and O–H groups in total. The molecule has 1 aromatic carbocycles.